The van der Waals surface area contributed by atoms with Gasteiger partial charge in [-0.25, -0.2) is 15.0 Å². The molecule has 0 saturated carbocycles. The highest BCUT2D eigenvalue weighted by atomic mass is 35.5. The summed E-state index contributed by atoms with van der Waals surface area (Å²) in [5, 5.41) is 17.9. The Kier molecular flexibility index (Phi) is 6.67. The maximum Gasteiger partial charge on any atom is 0.228 e. The molecule has 3 heterocycles. The average Bonchev–Trinajstić information content (AvgIpc) is 2.99. The predicted molar refractivity (Wildman–Crippen MR) is 155 cm³/mol. The van der Waals surface area contributed by atoms with Crippen molar-refractivity contribution < 1.29 is 4.74 Å². The van der Waals surface area contributed by atoms with E-state index in [0.717, 1.165) is 33.3 Å². The number of anilines is 3. The van der Waals surface area contributed by atoms with Crippen LogP contribution in [-0.2, 0) is 0 Å². The fraction of sp³-hybridized carbons (Fsp3) is 0.0333. The number of aromatic nitrogens is 5. The molecule has 8 nitrogen and oxygen atoms in total. The number of nitrogens with zero attached hydrogens (tertiary/aromatic N) is 5. The quantitative estimate of drug-likeness (QED) is 0.220. The maximum absolute atomic E-state index is 6.45. The Bertz CT molecular complexity index is 1780. The molecule has 0 saturated heterocycles. The molecule has 3 aromatic carbocycles. The second-order valence-electron chi connectivity index (χ2n) is 8.55. The van der Waals surface area contributed by atoms with E-state index in [1.807, 2.05) is 91.0 Å². The summed E-state index contributed by atoms with van der Waals surface area (Å²) >= 11 is 6.45. The molecular weight excluding hydrogens is 510 g/mol. The third kappa shape index (κ3) is 5.05. The van der Waals surface area contributed by atoms with Gasteiger partial charge in [0.2, 0.25) is 11.8 Å². The van der Waals surface area contributed by atoms with Crippen LogP contribution in [0, 0.1) is 0 Å². The Morgan fingerprint density at radius 1 is 0.718 bits per heavy atom. The molecule has 39 heavy (non-hydrogen) atoms. The molecule has 0 amide bonds. The SMILES string of the molecule is CNc1nccc(-c2cccnc2Oc2ccc(Nc3nnc(-c4ccccc4Cl)c4ccccc34)cc2)n1. The molecule has 190 valence electrons. The molecule has 0 aliphatic heterocycles. The van der Waals surface area contributed by atoms with Gasteiger partial charge < -0.3 is 15.4 Å². The number of rotatable bonds is 7. The molecule has 0 unspecified atom stereocenters. The topological polar surface area (TPSA) is 97.7 Å². The van der Waals surface area contributed by atoms with Crippen LogP contribution >= 0.6 is 11.6 Å². The van der Waals surface area contributed by atoms with Gasteiger partial charge in [0.25, 0.3) is 0 Å². The second kappa shape index (κ2) is 10.7. The Balaban J connectivity index is 1.26. The van der Waals surface area contributed by atoms with Gasteiger partial charge >= 0.3 is 0 Å². The first-order valence-corrected chi connectivity index (χ1v) is 12.6. The zero-order valence-electron chi connectivity index (χ0n) is 20.8. The van der Waals surface area contributed by atoms with Gasteiger partial charge in [-0.1, -0.05) is 54.1 Å². The molecule has 0 fully saturated rings. The van der Waals surface area contributed by atoms with E-state index >= 15 is 0 Å². The second-order valence-corrected chi connectivity index (χ2v) is 8.95. The molecule has 0 aliphatic rings. The Morgan fingerprint density at radius 3 is 2.31 bits per heavy atom. The van der Waals surface area contributed by atoms with Gasteiger partial charge in [-0.2, -0.15) is 0 Å². The van der Waals surface area contributed by atoms with Crippen LogP contribution in [0.2, 0.25) is 5.02 Å². The molecule has 6 rings (SSSR count). The highest BCUT2D eigenvalue weighted by Gasteiger charge is 2.14. The number of pyridine rings is 1. The minimum atomic E-state index is 0.450. The summed E-state index contributed by atoms with van der Waals surface area (Å²) in [4.78, 5) is 13.1. The molecule has 9 heteroatoms. The highest BCUT2D eigenvalue weighted by molar-refractivity contribution is 6.33. The van der Waals surface area contributed by atoms with Crippen molar-refractivity contribution >= 4 is 39.8 Å². The minimum absolute atomic E-state index is 0.450. The van der Waals surface area contributed by atoms with Crippen molar-refractivity contribution in [1.29, 1.82) is 0 Å². The minimum Gasteiger partial charge on any atom is -0.438 e. The molecule has 0 spiro atoms. The van der Waals surface area contributed by atoms with Crippen LogP contribution in [0.25, 0.3) is 33.3 Å². The van der Waals surface area contributed by atoms with Crippen LogP contribution in [0.5, 0.6) is 11.6 Å². The van der Waals surface area contributed by atoms with Gasteiger partial charge in [-0.05, 0) is 48.5 Å². The predicted octanol–water partition coefficient (Wildman–Crippen LogP) is 7.38. The van der Waals surface area contributed by atoms with Gasteiger partial charge in [0, 0.05) is 41.5 Å². The number of fused-ring (bicyclic) bond motifs is 1. The van der Waals surface area contributed by atoms with Crippen molar-refractivity contribution in [3.8, 4) is 34.1 Å². The van der Waals surface area contributed by atoms with E-state index in [2.05, 4.69) is 35.8 Å². The maximum atomic E-state index is 6.45. The zero-order chi connectivity index (χ0) is 26.6. The van der Waals surface area contributed by atoms with E-state index in [-0.39, 0.29) is 0 Å². The molecule has 0 aliphatic carbocycles. The largest absolute Gasteiger partial charge is 0.438 e. The Labute approximate surface area is 229 Å². The van der Waals surface area contributed by atoms with E-state index in [9.17, 15) is 0 Å². The fourth-order valence-corrected chi connectivity index (χ4v) is 4.42. The third-order valence-electron chi connectivity index (χ3n) is 6.07. The van der Waals surface area contributed by atoms with Crippen molar-refractivity contribution in [3.63, 3.8) is 0 Å². The molecule has 3 aromatic heterocycles. The van der Waals surface area contributed by atoms with Crippen molar-refractivity contribution in [2.45, 2.75) is 0 Å². The Hall–Kier alpha value is -5.08. The van der Waals surface area contributed by atoms with Crippen LogP contribution in [0.3, 0.4) is 0 Å². The van der Waals surface area contributed by atoms with E-state index < -0.39 is 0 Å². The first kappa shape index (κ1) is 24.3. The number of benzene rings is 3. The lowest BCUT2D eigenvalue weighted by Gasteiger charge is -2.13. The molecule has 0 radical (unpaired) electrons. The number of ether oxygens (including phenoxy) is 1. The Morgan fingerprint density at radius 2 is 1.49 bits per heavy atom. The zero-order valence-corrected chi connectivity index (χ0v) is 21.6. The highest BCUT2D eigenvalue weighted by Crippen LogP contribution is 2.35. The van der Waals surface area contributed by atoms with E-state index in [0.29, 0.717) is 34.1 Å². The van der Waals surface area contributed by atoms with Crippen LogP contribution in [-0.4, -0.2) is 32.2 Å². The summed E-state index contributed by atoms with van der Waals surface area (Å²) in [5.41, 5.74) is 3.89. The number of halogens is 1. The lowest BCUT2D eigenvalue weighted by atomic mass is 10.0. The van der Waals surface area contributed by atoms with Crippen LogP contribution in [0.15, 0.2) is 103 Å². The van der Waals surface area contributed by atoms with Crippen molar-refractivity contribution in [3.05, 3.63) is 108 Å². The van der Waals surface area contributed by atoms with Crippen LogP contribution < -0.4 is 15.4 Å². The normalized spacial score (nSPS) is 10.8. The van der Waals surface area contributed by atoms with Gasteiger partial charge in [0.05, 0.1) is 16.3 Å². The summed E-state index contributed by atoms with van der Waals surface area (Å²) in [6.45, 7) is 0. The summed E-state index contributed by atoms with van der Waals surface area (Å²) in [7, 11) is 1.77. The summed E-state index contributed by atoms with van der Waals surface area (Å²) in [6, 6.07) is 28.8. The van der Waals surface area contributed by atoms with E-state index in [4.69, 9.17) is 16.3 Å². The van der Waals surface area contributed by atoms with Gasteiger partial charge in [-0.15, -0.1) is 10.2 Å². The lowest BCUT2D eigenvalue weighted by Crippen LogP contribution is -2.00. The molecule has 0 atom stereocenters. The number of hydrogen-bond acceptors (Lipinski definition) is 8. The third-order valence-corrected chi connectivity index (χ3v) is 6.40. The average molecular weight is 532 g/mol. The first-order valence-electron chi connectivity index (χ1n) is 12.2. The smallest absolute Gasteiger partial charge is 0.228 e. The summed E-state index contributed by atoms with van der Waals surface area (Å²) in [5.74, 6) is 2.25. The van der Waals surface area contributed by atoms with Crippen LogP contribution in [0.4, 0.5) is 17.5 Å². The van der Waals surface area contributed by atoms with Gasteiger partial charge in [0.1, 0.15) is 11.4 Å². The first-order chi connectivity index (χ1) is 19.2. The van der Waals surface area contributed by atoms with Crippen molar-refractivity contribution in [2.75, 3.05) is 17.7 Å². The van der Waals surface area contributed by atoms with Crippen LogP contribution in [0.1, 0.15) is 0 Å². The summed E-state index contributed by atoms with van der Waals surface area (Å²) in [6.07, 6.45) is 3.38. The molecular formula is C30H22ClN7O. The number of hydrogen-bond donors (Lipinski definition) is 2. The van der Waals surface area contributed by atoms with Gasteiger partial charge in [-0.3, -0.25) is 0 Å². The van der Waals surface area contributed by atoms with Crippen molar-refractivity contribution in [1.82, 2.24) is 25.1 Å². The molecule has 6 aromatic rings. The molecule has 2 N–H and O–H groups in total. The lowest BCUT2D eigenvalue weighted by molar-refractivity contribution is 0.465. The number of nitrogens with one attached hydrogen (secondary N) is 2. The van der Waals surface area contributed by atoms with Gasteiger partial charge in [0.15, 0.2) is 5.82 Å². The monoisotopic (exact) mass is 531 g/mol. The van der Waals surface area contributed by atoms with E-state index in [1.165, 1.54) is 0 Å². The van der Waals surface area contributed by atoms with E-state index in [1.54, 1.807) is 19.4 Å². The van der Waals surface area contributed by atoms with Crippen molar-refractivity contribution in [2.24, 2.45) is 0 Å². The fourth-order valence-electron chi connectivity index (χ4n) is 4.20. The molecule has 0 bridgehead atoms. The standard InChI is InChI=1S/C30H22ClN7O/c1-32-30-34-18-16-26(36-30)24-10-6-17-33-29(24)39-20-14-12-19(13-15-20)35-28-22-8-3-2-7-21(22)27(37-38-28)23-9-4-5-11-25(23)31/h2-18H,1H3,(H,35,38)(H,32,34,36). The summed E-state index contributed by atoms with van der Waals surface area (Å²) < 4.78 is 6.13.